The summed E-state index contributed by atoms with van der Waals surface area (Å²) in [4.78, 5) is 39.9. The van der Waals surface area contributed by atoms with E-state index in [9.17, 15) is 9.59 Å². The van der Waals surface area contributed by atoms with Crippen molar-refractivity contribution in [3.63, 3.8) is 0 Å². The second kappa shape index (κ2) is 10.7. The number of carbonyl (C=O) groups excluding carboxylic acids is 2. The summed E-state index contributed by atoms with van der Waals surface area (Å²) in [5, 5.41) is 3.15. The molecule has 2 N–H and O–H groups in total. The summed E-state index contributed by atoms with van der Waals surface area (Å²) in [6.45, 7) is 9.13. The summed E-state index contributed by atoms with van der Waals surface area (Å²) in [6, 6.07) is 5.63. The fraction of sp³-hybridized carbons (Fsp3) is 0.517. The standard InChI is InChI=1S/C29H37N5O5/c1-17-23(27(35)33-19-10-12-34(13-11-19)28(36)39-29(2,3)4)25-26(32-17)24(30-16-31-25)21-9-8-20(37-5)14-22(21)38-15-18-6-7-18/h8-9,14,16,18-19,32H,6-7,10-13,15H2,1-5H3,(H,33,35). The minimum absolute atomic E-state index is 0.0501. The monoisotopic (exact) mass is 535 g/mol. The quantitative estimate of drug-likeness (QED) is 0.443. The summed E-state index contributed by atoms with van der Waals surface area (Å²) >= 11 is 0. The molecule has 3 heterocycles. The fourth-order valence-corrected chi connectivity index (χ4v) is 4.83. The van der Waals surface area contributed by atoms with Gasteiger partial charge in [0.05, 0.1) is 24.8 Å². The van der Waals surface area contributed by atoms with Crippen LogP contribution in [-0.2, 0) is 4.74 Å². The van der Waals surface area contributed by atoms with Gasteiger partial charge in [-0.1, -0.05) is 0 Å². The number of aryl methyl sites for hydroxylation is 1. The number of likely N-dealkylation sites (tertiary alicyclic amines) is 1. The van der Waals surface area contributed by atoms with Gasteiger partial charge >= 0.3 is 6.09 Å². The number of hydrogen-bond donors (Lipinski definition) is 2. The molecule has 10 nitrogen and oxygen atoms in total. The first-order valence-corrected chi connectivity index (χ1v) is 13.6. The summed E-state index contributed by atoms with van der Waals surface area (Å²) in [5.41, 5.74) is 3.40. The number of nitrogens with zero attached hydrogens (tertiary/aromatic N) is 3. The number of carbonyl (C=O) groups is 2. The van der Waals surface area contributed by atoms with E-state index >= 15 is 0 Å². The highest BCUT2D eigenvalue weighted by Crippen LogP contribution is 2.38. The molecule has 10 heteroatoms. The van der Waals surface area contributed by atoms with E-state index in [2.05, 4.69) is 20.3 Å². The lowest BCUT2D eigenvalue weighted by Gasteiger charge is -2.33. The van der Waals surface area contributed by atoms with Crippen LogP contribution in [0.2, 0.25) is 0 Å². The van der Waals surface area contributed by atoms with Crippen molar-refractivity contribution in [3.8, 4) is 22.8 Å². The molecule has 0 atom stereocenters. The highest BCUT2D eigenvalue weighted by molar-refractivity contribution is 6.09. The second-order valence-electron chi connectivity index (χ2n) is 11.4. The molecule has 2 fully saturated rings. The number of benzene rings is 1. The molecule has 2 aromatic heterocycles. The van der Waals surface area contributed by atoms with Crippen LogP contribution in [0.3, 0.4) is 0 Å². The van der Waals surface area contributed by atoms with Crippen molar-refractivity contribution in [2.75, 3.05) is 26.8 Å². The first kappa shape index (κ1) is 26.8. The molecular formula is C29H37N5O5. The Kier molecular flexibility index (Phi) is 7.38. The van der Waals surface area contributed by atoms with Gasteiger partial charge in [0.2, 0.25) is 0 Å². The van der Waals surface area contributed by atoms with Crippen LogP contribution in [0.5, 0.6) is 11.5 Å². The fourth-order valence-electron chi connectivity index (χ4n) is 4.83. The Balaban J connectivity index is 1.34. The van der Waals surface area contributed by atoms with Crippen LogP contribution in [0.1, 0.15) is 62.5 Å². The number of fused-ring (bicyclic) bond motifs is 1. The molecule has 5 rings (SSSR count). The van der Waals surface area contributed by atoms with E-state index in [1.54, 1.807) is 12.0 Å². The average Bonchev–Trinajstić information content (AvgIpc) is 3.66. The number of aromatic nitrogens is 3. The van der Waals surface area contributed by atoms with Crippen LogP contribution >= 0.6 is 0 Å². The molecule has 208 valence electrons. The molecule has 1 saturated heterocycles. The number of piperidine rings is 1. The lowest BCUT2D eigenvalue weighted by molar-refractivity contribution is 0.0199. The summed E-state index contributed by atoms with van der Waals surface area (Å²) in [7, 11) is 1.63. The van der Waals surface area contributed by atoms with E-state index in [1.807, 2.05) is 45.9 Å². The van der Waals surface area contributed by atoms with Crippen molar-refractivity contribution in [2.45, 2.75) is 65.0 Å². The number of H-pyrrole nitrogens is 1. The van der Waals surface area contributed by atoms with Crippen LogP contribution < -0.4 is 14.8 Å². The largest absolute Gasteiger partial charge is 0.497 e. The van der Waals surface area contributed by atoms with E-state index < -0.39 is 5.60 Å². The zero-order valence-electron chi connectivity index (χ0n) is 23.3. The van der Waals surface area contributed by atoms with Crippen LogP contribution in [0.25, 0.3) is 22.3 Å². The average molecular weight is 536 g/mol. The van der Waals surface area contributed by atoms with Crippen LogP contribution in [0.4, 0.5) is 4.79 Å². The Morgan fingerprint density at radius 3 is 2.54 bits per heavy atom. The van der Waals surface area contributed by atoms with E-state index in [-0.39, 0.29) is 18.0 Å². The van der Waals surface area contributed by atoms with Crippen molar-refractivity contribution in [2.24, 2.45) is 5.92 Å². The maximum atomic E-state index is 13.5. The van der Waals surface area contributed by atoms with Gasteiger partial charge in [-0.2, -0.15) is 0 Å². The molecule has 2 amide bonds. The molecule has 0 unspecified atom stereocenters. The highest BCUT2D eigenvalue weighted by atomic mass is 16.6. The third-order valence-electron chi connectivity index (χ3n) is 7.10. The maximum Gasteiger partial charge on any atom is 0.410 e. The molecule has 0 spiro atoms. The van der Waals surface area contributed by atoms with Crippen LogP contribution in [-0.4, -0.2) is 70.3 Å². The Labute approximate surface area is 228 Å². The number of hydrogen-bond acceptors (Lipinski definition) is 7. The first-order chi connectivity index (χ1) is 18.6. The normalized spacial score (nSPS) is 16.3. The minimum atomic E-state index is -0.536. The van der Waals surface area contributed by atoms with Gasteiger partial charge in [0, 0.05) is 36.5 Å². The molecule has 0 bridgehead atoms. The van der Waals surface area contributed by atoms with Gasteiger partial charge < -0.3 is 29.4 Å². The minimum Gasteiger partial charge on any atom is -0.497 e. The van der Waals surface area contributed by atoms with Crippen molar-refractivity contribution in [1.29, 1.82) is 0 Å². The van der Waals surface area contributed by atoms with E-state index in [4.69, 9.17) is 14.2 Å². The Hall–Kier alpha value is -3.82. The number of nitrogens with one attached hydrogen (secondary N) is 2. The predicted molar refractivity (Wildman–Crippen MR) is 147 cm³/mol. The number of aromatic amines is 1. The number of rotatable bonds is 7. The Morgan fingerprint density at radius 2 is 1.87 bits per heavy atom. The predicted octanol–water partition coefficient (Wildman–Crippen LogP) is 4.86. The lowest BCUT2D eigenvalue weighted by atomic mass is 10.0. The van der Waals surface area contributed by atoms with Crippen LogP contribution in [0.15, 0.2) is 24.5 Å². The molecule has 0 radical (unpaired) electrons. The first-order valence-electron chi connectivity index (χ1n) is 13.6. The van der Waals surface area contributed by atoms with Crippen molar-refractivity contribution in [3.05, 3.63) is 35.8 Å². The lowest BCUT2D eigenvalue weighted by Crippen LogP contribution is -2.47. The topological polar surface area (TPSA) is 119 Å². The zero-order valence-corrected chi connectivity index (χ0v) is 23.3. The maximum absolute atomic E-state index is 13.5. The van der Waals surface area contributed by atoms with Gasteiger partial charge in [0.15, 0.2) is 0 Å². The van der Waals surface area contributed by atoms with Gasteiger partial charge in [0.1, 0.15) is 34.6 Å². The number of amides is 2. The van der Waals surface area contributed by atoms with Crippen molar-refractivity contribution < 1.29 is 23.8 Å². The highest BCUT2D eigenvalue weighted by Gasteiger charge is 2.29. The van der Waals surface area contributed by atoms with Gasteiger partial charge in [-0.3, -0.25) is 4.79 Å². The van der Waals surface area contributed by atoms with Gasteiger partial charge in [-0.15, -0.1) is 0 Å². The summed E-state index contributed by atoms with van der Waals surface area (Å²) < 4.78 is 17.1. The third kappa shape index (κ3) is 6.10. The van der Waals surface area contributed by atoms with E-state index in [0.717, 1.165) is 5.56 Å². The summed E-state index contributed by atoms with van der Waals surface area (Å²) in [6.07, 6.45) is 4.84. The van der Waals surface area contributed by atoms with Crippen LogP contribution in [0, 0.1) is 12.8 Å². The molecular weight excluding hydrogens is 498 g/mol. The SMILES string of the molecule is COc1ccc(-c2ncnc3c(C(=O)NC4CCN(C(=O)OC(C)(C)C)CC4)c(C)[nH]c23)c(OCC2CC2)c1. The van der Waals surface area contributed by atoms with Crippen molar-refractivity contribution in [1.82, 2.24) is 25.2 Å². The molecule has 1 saturated carbocycles. The molecule has 1 aliphatic heterocycles. The molecule has 1 aromatic carbocycles. The molecule has 3 aromatic rings. The molecule has 39 heavy (non-hydrogen) atoms. The smallest absolute Gasteiger partial charge is 0.410 e. The Bertz CT molecular complexity index is 1370. The zero-order chi connectivity index (χ0) is 27.7. The summed E-state index contributed by atoms with van der Waals surface area (Å²) in [5.74, 6) is 1.79. The van der Waals surface area contributed by atoms with E-state index in [0.29, 0.717) is 77.9 Å². The molecule has 2 aliphatic rings. The van der Waals surface area contributed by atoms with E-state index in [1.165, 1.54) is 19.2 Å². The Morgan fingerprint density at radius 1 is 1.13 bits per heavy atom. The second-order valence-corrected chi connectivity index (χ2v) is 11.4. The van der Waals surface area contributed by atoms with Gasteiger partial charge in [0.25, 0.3) is 5.91 Å². The number of methoxy groups -OCH3 is 1. The van der Waals surface area contributed by atoms with Crippen molar-refractivity contribution >= 4 is 23.0 Å². The third-order valence-corrected chi connectivity index (χ3v) is 7.10. The molecule has 1 aliphatic carbocycles. The van der Waals surface area contributed by atoms with Gasteiger partial charge in [-0.05, 0) is 71.4 Å². The van der Waals surface area contributed by atoms with Gasteiger partial charge in [-0.25, -0.2) is 14.8 Å². The number of ether oxygens (including phenoxy) is 3.